The predicted octanol–water partition coefficient (Wildman–Crippen LogP) is 14.0. The average Bonchev–Trinajstić information content (AvgIpc) is 4.01. The normalized spacial score (nSPS) is 16.3. The molecule has 4 nitrogen and oxygen atoms in total. The van der Waals surface area contributed by atoms with Gasteiger partial charge < -0.3 is 13.7 Å². The number of fused-ring (bicyclic) bond motifs is 9. The molecule has 2 aromatic heterocycles. The summed E-state index contributed by atoms with van der Waals surface area (Å²) in [5.41, 5.74) is 5.61. The van der Waals surface area contributed by atoms with Gasteiger partial charge in [-0.3, -0.25) is 0 Å². The first kappa shape index (κ1) is 21.0. The van der Waals surface area contributed by atoms with E-state index in [1.165, 1.54) is 0 Å². The van der Waals surface area contributed by atoms with Gasteiger partial charge in [0.2, 0.25) is 5.89 Å². The molecule has 0 radical (unpaired) electrons. The molecular formula is C50H34N2O2. The highest BCUT2D eigenvalue weighted by molar-refractivity contribution is 6.26. The number of aromatic nitrogens is 1. The van der Waals surface area contributed by atoms with Gasteiger partial charge in [-0.05, 0) is 98.6 Å². The fourth-order valence-electron chi connectivity index (χ4n) is 7.91. The Morgan fingerprint density at radius 1 is 0.593 bits per heavy atom. The van der Waals surface area contributed by atoms with Crippen molar-refractivity contribution in [3.8, 4) is 33.7 Å². The molecular weight excluding hydrogens is 661 g/mol. The molecule has 4 heteroatoms. The summed E-state index contributed by atoms with van der Waals surface area (Å²) in [5, 5.41) is -0.381. The van der Waals surface area contributed by atoms with E-state index in [9.17, 15) is 6.85 Å². The lowest BCUT2D eigenvalue weighted by Gasteiger charge is -2.29. The van der Waals surface area contributed by atoms with Crippen molar-refractivity contribution in [3.63, 3.8) is 0 Å². The van der Waals surface area contributed by atoms with E-state index in [1.807, 2.05) is 84.9 Å². The molecule has 8 aromatic carbocycles. The Kier molecular flexibility index (Phi) is 4.48. The number of nitrogens with zero attached hydrogens (tertiary/aromatic N) is 2. The number of benzene rings is 8. The lowest BCUT2D eigenvalue weighted by Crippen LogP contribution is -2.16. The highest BCUT2D eigenvalue weighted by Crippen LogP contribution is 2.52. The minimum absolute atomic E-state index is 0.0170. The van der Waals surface area contributed by atoms with Crippen LogP contribution in [0.25, 0.3) is 77.5 Å². The summed E-state index contributed by atoms with van der Waals surface area (Å²) in [6, 6.07) is 25.2. The SMILES string of the molecule is [2H]c1c([2H])c([2H])c2oc(-c3c([2H])c4c([2H])c([2H])c([2H])c([2H])c4c4c3oc3c([2H])c([2H])c([2H])c(N(c5ccc(-c6ccccc6)cc5)c5ccc6c(c5)C(C)(C)c5ccccc5-6)c34)nc2c1[2H]. The number of anilines is 3. The van der Waals surface area contributed by atoms with E-state index in [1.54, 1.807) is 4.90 Å². The van der Waals surface area contributed by atoms with Crippen molar-refractivity contribution in [3.05, 3.63) is 181 Å². The molecule has 0 fully saturated rings. The highest BCUT2D eigenvalue weighted by Gasteiger charge is 2.36. The van der Waals surface area contributed by atoms with E-state index >= 15 is 0 Å². The number of hydrogen-bond donors (Lipinski definition) is 0. The van der Waals surface area contributed by atoms with E-state index in [0.29, 0.717) is 11.4 Å². The fraction of sp³-hybridized carbons (Fsp3) is 0.0600. The standard InChI is InChI=1S/C50H34N2O2/c1-50(2)40-18-9-8-17-37(40)38-28-27-35(30-41(38)50)52(34-25-23-32(24-26-34)31-13-4-3-5-14-31)43-20-12-22-45-47(43)46-36-16-7-6-15-33(36)29-39(48(46)53-45)49-51-42-19-10-11-21-44(42)54-49/h3-30H,1-2H3/i6D,7D,10D,11D,12D,15D,16D,19D,20D,21D,22D,29D. The first-order valence-electron chi connectivity index (χ1n) is 23.5. The van der Waals surface area contributed by atoms with E-state index in [0.717, 1.165) is 33.4 Å². The van der Waals surface area contributed by atoms with Crippen molar-refractivity contribution < 1.29 is 25.3 Å². The third-order valence-electron chi connectivity index (χ3n) is 10.5. The van der Waals surface area contributed by atoms with Crippen LogP contribution in [0.3, 0.4) is 0 Å². The van der Waals surface area contributed by atoms with Crippen molar-refractivity contribution in [1.82, 2.24) is 4.98 Å². The topological polar surface area (TPSA) is 42.4 Å². The molecule has 0 saturated heterocycles. The van der Waals surface area contributed by atoms with Crippen LogP contribution in [0.5, 0.6) is 0 Å². The van der Waals surface area contributed by atoms with Crippen LogP contribution in [0.2, 0.25) is 0 Å². The maximum Gasteiger partial charge on any atom is 0.231 e. The van der Waals surface area contributed by atoms with Crippen LogP contribution in [0, 0.1) is 0 Å². The average molecular weight is 707 g/mol. The van der Waals surface area contributed by atoms with Crippen molar-refractivity contribution in [2.45, 2.75) is 19.3 Å². The Bertz CT molecular complexity index is 3730. The Morgan fingerprint density at radius 2 is 1.31 bits per heavy atom. The van der Waals surface area contributed by atoms with Crippen molar-refractivity contribution in [2.75, 3.05) is 4.90 Å². The molecule has 1 aliphatic rings. The summed E-state index contributed by atoms with van der Waals surface area (Å²) in [6.45, 7) is 4.28. The van der Waals surface area contributed by atoms with Crippen molar-refractivity contribution >= 4 is 60.9 Å². The Morgan fingerprint density at radius 3 is 2.20 bits per heavy atom. The second-order valence-corrected chi connectivity index (χ2v) is 13.8. The molecule has 0 bridgehead atoms. The monoisotopic (exact) mass is 706 g/mol. The summed E-state index contributed by atoms with van der Waals surface area (Å²) in [4.78, 5) is 6.24. The second kappa shape index (κ2) is 11.5. The minimum Gasteiger partial charge on any atom is -0.455 e. The molecule has 2 heterocycles. The summed E-state index contributed by atoms with van der Waals surface area (Å²) in [6.07, 6.45) is 0. The van der Waals surface area contributed by atoms with Crippen molar-refractivity contribution in [2.24, 2.45) is 0 Å². The molecule has 0 N–H and O–H groups in total. The first-order valence-corrected chi connectivity index (χ1v) is 17.5. The van der Waals surface area contributed by atoms with Crippen LogP contribution in [0.15, 0.2) is 178 Å². The van der Waals surface area contributed by atoms with Gasteiger partial charge in [0.1, 0.15) is 16.7 Å². The van der Waals surface area contributed by atoms with Crippen LogP contribution < -0.4 is 4.90 Å². The van der Waals surface area contributed by atoms with Gasteiger partial charge in [-0.2, -0.15) is 0 Å². The van der Waals surface area contributed by atoms with E-state index < -0.39 is 77.8 Å². The highest BCUT2D eigenvalue weighted by atomic mass is 16.4. The summed E-state index contributed by atoms with van der Waals surface area (Å²) < 4.78 is 120. The smallest absolute Gasteiger partial charge is 0.231 e. The lowest BCUT2D eigenvalue weighted by atomic mass is 9.82. The van der Waals surface area contributed by atoms with E-state index in [-0.39, 0.29) is 61.1 Å². The van der Waals surface area contributed by atoms with Gasteiger partial charge in [0.25, 0.3) is 0 Å². The molecule has 0 atom stereocenters. The van der Waals surface area contributed by atoms with Crippen LogP contribution in [-0.2, 0) is 5.41 Å². The summed E-state index contributed by atoms with van der Waals surface area (Å²) in [7, 11) is 0. The minimum atomic E-state index is -0.630. The van der Waals surface area contributed by atoms with Crippen LogP contribution in [-0.4, -0.2) is 4.98 Å². The first-order chi connectivity index (χ1) is 31.5. The largest absolute Gasteiger partial charge is 0.455 e. The summed E-state index contributed by atoms with van der Waals surface area (Å²) >= 11 is 0. The van der Waals surface area contributed by atoms with Crippen LogP contribution in [0.4, 0.5) is 17.1 Å². The van der Waals surface area contributed by atoms with Gasteiger partial charge in [0.15, 0.2) is 5.58 Å². The number of hydrogen-bond acceptors (Lipinski definition) is 4. The third-order valence-corrected chi connectivity index (χ3v) is 10.5. The number of rotatable bonds is 5. The molecule has 0 saturated carbocycles. The maximum absolute atomic E-state index is 9.79. The van der Waals surface area contributed by atoms with E-state index in [2.05, 4.69) is 31.0 Å². The van der Waals surface area contributed by atoms with Crippen LogP contribution in [0.1, 0.15) is 41.4 Å². The summed E-state index contributed by atoms with van der Waals surface area (Å²) in [5.74, 6) is -0.403. The molecule has 256 valence electrons. The Hall–Kier alpha value is -6.91. The number of para-hydroxylation sites is 2. The zero-order valence-electron chi connectivity index (χ0n) is 40.9. The van der Waals surface area contributed by atoms with Gasteiger partial charge in [0, 0.05) is 22.2 Å². The number of oxazole rings is 1. The molecule has 0 aliphatic heterocycles. The van der Waals surface area contributed by atoms with Crippen molar-refractivity contribution in [1.29, 1.82) is 0 Å². The maximum atomic E-state index is 9.79. The molecule has 0 unspecified atom stereocenters. The second-order valence-electron chi connectivity index (χ2n) is 13.8. The quantitative estimate of drug-likeness (QED) is 0.179. The molecule has 0 amide bonds. The zero-order chi connectivity index (χ0) is 46.4. The van der Waals surface area contributed by atoms with Gasteiger partial charge in [-0.15, -0.1) is 0 Å². The molecule has 1 aliphatic carbocycles. The van der Waals surface area contributed by atoms with Gasteiger partial charge in [-0.25, -0.2) is 4.98 Å². The molecule has 11 rings (SSSR count). The Labute approximate surface area is 329 Å². The van der Waals surface area contributed by atoms with Gasteiger partial charge in [-0.1, -0.05) is 129 Å². The van der Waals surface area contributed by atoms with Gasteiger partial charge in [0.05, 0.1) is 33.1 Å². The lowest BCUT2D eigenvalue weighted by molar-refractivity contribution is 0.615. The molecule has 10 aromatic rings. The van der Waals surface area contributed by atoms with Gasteiger partial charge >= 0.3 is 0 Å². The predicted molar refractivity (Wildman–Crippen MR) is 222 cm³/mol. The third kappa shape index (κ3) is 4.53. The number of furan rings is 1. The fourth-order valence-corrected chi connectivity index (χ4v) is 7.91. The molecule has 54 heavy (non-hydrogen) atoms. The zero-order valence-corrected chi connectivity index (χ0v) is 28.9. The van der Waals surface area contributed by atoms with E-state index in [4.69, 9.17) is 18.4 Å². The van der Waals surface area contributed by atoms with Crippen LogP contribution >= 0.6 is 0 Å². The Balaban J connectivity index is 1.30. The molecule has 0 spiro atoms.